The number of nitrogens with zero attached hydrogens (tertiary/aromatic N) is 4. The van der Waals surface area contributed by atoms with Crippen LogP contribution < -0.4 is 10.1 Å². The van der Waals surface area contributed by atoms with Crippen LogP contribution in [0.2, 0.25) is 5.02 Å². The summed E-state index contributed by atoms with van der Waals surface area (Å²) < 4.78 is 6.87. The Morgan fingerprint density at radius 1 is 1.30 bits per heavy atom. The molecule has 9 heteroatoms. The predicted molar refractivity (Wildman–Crippen MR) is 107 cm³/mol. The fraction of sp³-hybridized carbons (Fsp3) is 0.111. The second kappa shape index (κ2) is 8.70. The highest BCUT2D eigenvalue weighted by atomic mass is 35.5. The molecular formula is C18H16ClN5O2S. The van der Waals surface area contributed by atoms with E-state index in [0.717, 1.165) is 5.69 Å². The Kier molecular flexibility index (Phi) is 6.10. The lowest BCUT2D eigenvalue weighted by molar-refractivity contribution is -0.111. The lowest BCUT2D eigenvalue weighted by Crippen LogP contribution is -2.08. The Morgan fingerprint density at radius 3 is 2.93 bits per heavy atom. The SMILES string of the molecule is COc1ccc(Cl)cc1/C=C/C(=O)Nc1cccc(-n2nnnc2SC)c1. The van der Waals surface area contributed by atoms with Crippen molar-refractivity contribution in [1.29, 1.82) is 0 Å². The fourth-order valence-corrected chi connectivity index (χ4v) is 2.98. The monoisotopic (exact) mass is 401 g/mol. The zero-order valence-electron chi connectivity index (χ0n) is 14.6. The maximum atomic E-state index is 12.3. The van der Waals surface area contributed by atoms with E-state index < -0.39 is 0 Å². The second-order valence-electron chi connectivity index (χ2n) is 5.34. The number of halogens is 1. The molecule has 0 saturated heterocycles. The van der Waals surface area contributed by atoms with E-state index in [-0.39, 0.29) is 5.91 Å². The molecule has 0 bridgehead atoms. The molecule has 0 aliphatic carbocycles. The average molecular weight is 402 g/mol. The Balaban J connectivity index is 1.75. The third-order valence-electron chi connectivity index (χ3n) is 3.59. The van der Waals surface area contributed by atoms with Gasteiger partial charge in [0.05, 0.1) is 12.8 Å². The molecule has 0 unspecified atom stereocenters. The number of hydrogen-bond donors (Lipinski definition) is 1. The lowest BCUT2D eigenvalue weighted by atomic mass is 10.2. The number of amides is 1. The van der Waals surface area contributed by atoms with Crippen LogP contribution in [0.3, 0.4) is 0 Å². The highest BCUT2D eigenvalue weighted by molar-refractivity contribution is 7.98. The van der Waals surface area contributed by atoms with Crippen LogP contribution in [0, 0.1) is 0 Å². The van der Waals surface area contributed by atoms with Gasteiger partial charge in [-0.2, -0.15) is 4.68 Å². The third kappa shape index (κ3) is 4.66. The van der Waals surface area contributed by atoms with Gasteiger partial charge in [-0.15, -0.1) is 5.10 Å². The molecule has 27 heavy (non-hydrogen) atoms. The van der Waals surface area contributed by atoms with E-state index in [1.165, 1.54) is 17.8 Å². The Bertz CT molecular complexity index is 989. The van der Waals surface area contributed by atoms with Crippen LogP contribution in [0.1, 0.15) is 5.56 Å². The van der Waals surface area contributed by atoms with E-state index in [1.807, 2.05) is 18.4 Å². The minimum atomic E-state index is -0.281. The molecule has 3 aromatic rings. The zero-order chi connectivity index (χ0) is 19.2. The largest absolute Gasteiger partial charge is 0.496 e. The van der Waals surface area contributed by atoms with Gasteiger partial charge in [0.25, 0.3) is 0 Å². The molecule has 0 spiro atoms. The summed E-state index contributed by atoms with van der Waals surface area (Å²) in [5.74, 6) is 0.352. The average Bonchev–Trinajstić information content (AvgIpc) is 3.15. The van der Waals surface area contributed by atoms with Crippen LogP contribution in [-0.4, -0.2) is 39.5 Å². The molecule has 0 aliphatic heterocycles. The van der Waals surface area contributed by atoms with Crippen molar-refractivity contribution in [2.75, 3.05) is 18.7 Å². The van der Waals surface area contributed by atoms with Gasteiger partial charge in [0.1, 0.15) is 5.75 Å². The summed E-state index contributed by atoms with van der Waals surface area (Å²) in [5.41, 5.74) is 2.10. The van der Waals surface area contributed by atoms with Gasteiger partial charge in [-0.1, -0.05) is 29.4 Å². The van der Waals surface area contributed by atoms with Gasteiger partial charge < -0.3 is 10.1 Å². The summed E-state index contributed by atoms with van der Waals surface area (Å²) in [7, 11) is 1.56. The van der Waals surface area contributed by atoms with Gasteiger partial charge in [-0.05, 0) is 59.2 Å². The van der Waals surface area contributed by atoms with Crippen molar-refractivity contribution in [1.82, 2.24) is 20.2 Å². The quantitative estimate of drug-likeness (QED) is 0.501. The third-order valence-corrected chi connectivity index (χ3v) is 4.44. The highest BCUT2D eigenvalue weighted by Gasteiger charge is 2.08. The first kappa shape index (κ1) is 18.9. The first-order chi connectivity index (χ1) is 13.1. The summed E-state index contributed by atoms with van der Waals surface area (Å²) in [6.07, 6.45) is 4.96. The first-order valence-electron chi connectivity index (χ1n) is 7.86. The Hall–Kier alpha value is -2.84. The molecule has 2 aromatic carbocycles. The van der Waals surface area contributed by atoms with E-state index in [1.54, 1.807) is 48.2 Å². The topological polar surface area (TPSA) is 81.9 Å². The number of aromatic nitrogens is 4. The summed E-state index contributed by atoms with van der Waals surface area (Å²) in [6, 6.07) is 12.5. The minimum absolute atomic E-state index is 0.281. The molecule has 1 N–H and O–H groups in total. The van der Waals surface area contributed by atoms with Gasteiger partial charge in [-0.25, -0.2) is 0 Å². The highest BCUT2D eigenvalue weighted by Crippen LogP contribution is 2.24. The molecule has 7 nitrogen and oxygen atoms in total. The number of hydrogen-bond acceptors (Lipinski definition) is 6. The van der Waals surface area contributed by atoms with Gasteiger partial charge in [0.15, 0.2) is 0 Å². The number of methoxy groups -OCH3 is 1. The van der Waals surface area contributed by atoms with Crippen molar-refractivity contribution in [3.8, 4) is 11.4 Å². The van der Waals surface area contributed by atoms with Crippen molar-refractivity contribution in [3.05, 3.63) is 59.1 Å². The minimum Gasteiger partial charge on any atom is -0.496 e. The van der Waals surface area contributed by atoms with E-state index >= 15 is 0 Å². The number of ether oxygens (including phenoxy) is 1. The van der Waals surface area contributed by atoms with Crippen LogP contribution in [0.4, 0.5) is 5.69 Å². The van der Waals surface area contributed by atoms with E-state index in [4.69, 9.17) is 16.3 Å². The molecule has 0 saturated carbocycles. The standard InChI is InChI=1S/C18H16ClN5O2S/c1-26-16-8-7-13(19)10-12(16)6-9-17(25)20-14-4-3-5-15(11-14)24-18(27-2)21-22-23-24/h3-11H,1-2H3,(H,20,25)/b9-6+. The van der Waals surface area contributed by atoms with Crippen molar-refractivity contribution >= 4 is 41.0 Å². The van der Waals surface area contributed by atoms with Gasteiger partial charge >= 0.3 is 0 Å². The van der Waals surface area contributed by atoms with Gasteiger partial charge in [0.2, 0.25) is 11.1 Å². The molecule has 0 aliphatic rings. The van der Waals surface area contributed by atoms with E-state index in [9.17, 15) is 4.79 Å². The smallest absolute Gasteiger partial charge is 0.248 e. The van der Waals surface area contributed by atoms with E-state index in [0.29, 0.717) is 27.2 Å². The Labute approximate surface area is 165 Å². The zero-order valence-corrected chi connectivity index (χ0v) is 16.2. The summed E-state index contributed by atoms with van der Waals surface area (Å²) in [6.45, 7) is 0. The number of carbonyl (C=O) groups excluding carboxylic acids is 1. The van der Waals surface area contributed by atoms with Gasteiger partial charge in [0, 0.05) is 22.3 Å². The molecular weight excluding hydrogens is 386 g/mol. The van der Waals surface area contributed by atoms with Crippen LogP contribution in [0.25, 0.3) is 11.8 Å². The maximum absolute atomic E-state index is 12.3. The number of thioether (sulfide) groups is 1. The molecule has 138 valence electrons. The molecule has 0 fully saturated rings. The summed E-state index contributed by atoms with van der Waals surface area (Å²) >= 11 is 7.43. The summed E-state index contributed by atoms with van der Waals surface area (Å²) in [4.78, 5) is 12.3. The molecule has 0 radical (unpaired) electrons. The van der Waals surface area contributed by atoms with Crippen molar-refractivity contribution < 1.29 is 9.53 Å². The molecule has 0 atom stereocenters. The predicted octanol–water partition coefficient (Wildman–Crippen LogP) is 3.70. The first-order valence-corrected chi connectivity index (χ1v) is 9.46. The number of benzene rings is 2. The number of anilines is 1. The second-order valence-corrected chi connectivity index (χ2v) is 6.55. The number of rotatable bonds is 6. The molecule has 1 heterocycles. The maximum Gasteiger partial charge on any atom is 0.248 e. The number of nitrogens with one attached hydrogen (secondary N) is 1. The normalized spacial score (nSPS) is 10.9. The summed E-state index contributed by atoms with van der Waals surface area (Å²) in [5, 5.41) is 15.6. The van der Waals surface area contributed by atoms with Crippen LogP contribution in [0.5, 0.6) is 5.75 Å². The molecule has 3 rings (SSSR count). The fourth-order valence-electron chi connectivity index (χ4n) is 2.37. The Morgan fingerprint density at radius 2 is 2.15 bits per heavy atom. The van der Waals surface area contributed by atoms with E-state index in [2.05, 4.69) is 20.8 Å². The van der Waals surface area contributed by atoms with Crippen LogP contribution >= 0.6 is 23.4 Å². The van der Waals surface area contributed by atoms with Gasteiger partial charge in [-0.3, -0.25) is 4.79 Å². The lowest BCUT2D eigenvalue weighted by Gasteiger charge is -2.07. The molecule has 1 amide bonds. The molecule has 1 aromatic heterocycles. The van der Waals surface area contributed by atoms with Crippen LogP contribution in [-0.2, 0) is 4.79 Å². The van der Waals surface area contributed by atoms with Crippen molar-refractivity contribution in [2.24, 2.45) is 0 Å². The van der Waals surface area contributed by atoms with Crippen molar-refractivity contribution in [2.45, 2.75) is 5.16 Å². The van der Waals surface area contributed by atoms with Crippen LogP contribution in [0.15, 0.2) is 53.7 Å². The number of carbonyl (C=O) groups is 1. The van der Waals surface area contributed by atoms with Crippen molar-refractivity contribution in [3.63, 3.8) is 0 Å². The number of tetrazole rings is 1.